The average molecular weight is 334 g/mol. The first-order valence-electron chi connectivity index (χ1n) is 8.29. The van der Waals surface area contributed by atoms with Crippen LogP contribution in [0.15, 0.2) is 42.5 Å². The molecule has 4 rings (SSSR count). The number of amides is 2. The molecule has 3 aromatic rings. The highest BCUT2D eigenvalue weighted by Crippen LogP contribution is 2.27. The van der Waals surface area contributed by atoms with Gasteiger partial charge in [0.25, 0.3) is 5.91 Å². The molecule has 1 aliphatic rings. The number of benzene rings is 2. The van der Waals surface area contributed by atoms with Gasteiger partial charge in [0.05, 0.1) is 5.52 Å². The maximum atomic E-state index is 12.5. The smallest absolute Gasteiger partial charge is 0.276 e. The molecule has 2 heterocycles. The molecule has 6 nitrogen and oxygen atoms in total. The van der Waals surface area contributed by atoms with Crippen LogP contribution in [0.1, 0.15) is 28.9 Å². The summed E-state index contributed by atoms with van der Waals surface area (Å²) in [6.45, 7) is 2.70. The molecule has 126 valence electrons. The second kappa shape index (κ2) is 6.05. The quantitative estimate of drug-likeness (QED) is 0.772. The number of hydrogen-bond donors (Lipinski definition) is 2. The molecular formula is C19H18N4O2. The summed E-state index contributed by atoms with van der Waals surface area (Å²) in [5, 5.41) is 10.6. The maximum absolute atomic E-state index is 12.5. The van der Waals surface area contributed by atoms with E-state index in [-0.39, 0.29) is 11.8 Å². The van der Waals surface area contributed by atoms with Crippen molar-refractivity contribution in [1.29, 1.82) is 0 Å². The molecule has 2 aromatic carbocycles. The van der Waals surface area contributed by atoms with Crippen LogP contribution in [-0.2, 0) is 4.79 Å². The summed E-state index contributed by atoms with van der Waals surface area (Å²) in [6.07, 6.45) is 1.49. The molecule has 0 spiro atoms. The van der Waals surface area contributed by atoms with Gasteiger partial charge in [-0.15, -0.1) is 0 Å². The lowest BCUT2D eigenvalue weighted by atomic mass is 10.1. The van der Waals surface area contributed by atoms with Crippen LogP contribution in [0.2, 0.25) is 0 Å². The standard InChI is InChI=1S/C19H18N4O2/c1-12-11-13(8-9-16(12)23-10-4-7-17(23)24)20-19(25)18-14-5-2-3-6-15(14)21-22-18/h2-3,5-6,8-9,11H,4,7,10H2,1H3,(H,20,25)(H,21,22). The number of carbonyl (C=O) groups excluding carboxylic acids is 2. The molecule has 1 fully saturated rings. The predicted molar refractivity (Wildman–Crippen MR) is 96.8 cm³/mol. The number of aromatic nitrogens is 2. The van der Waals surface area contributed by atoms with E-state index < -0.39 is 0 Å². The van der Waals surface area contributed by atoms with Crippen molar-refractivity contribution < 1.29 is 9.59 Å². The highest BCUT2D eigenvalue weighted by atomic mass is 16.2. The molecule has 0 aliphatic carbocycles. The minimum atomic E-state index is -0.262. The van der Waals surface area contributed by atoms with Gasteiger partial charge in [0, 0.05) is 29.7 Å². The predicted octanol–water partition coefficient (Wildman–Crippen LogP) is 3.25. The molecule has 6 heteroatoms. The van der Waals surface area contributed by atoms with Crippen LogP contribution in [0.5, 0.6) is 0 Å². The summed E-state index contributed by atoms with van der Waals surface area (Å²) in [5.41, 5.74) is 3.74. The van der Waals surface area contributed by atoms with E-state index in [0.717, 1.165) is 35.1 Å². The molecule has 2 amide bonds. The molecule has 0 atom stereocenters. The lowest BCUT2D eigenvalue weighted by molar-refractivity contribution is -0.117. The number of anilines is 2. The number of nitrogens with zero attached hydrogens (tertiary/aromatic N) is 2. The number of rotatable bonds is 3. The van der Waals surface area contributed by atoms with E-state index in [9.17, 15) is 9.59 Å². The number of nitrogens with one attached hydrogen (secondary N) is 2. The molecule has 0 unspecified atom stereocenters. The summed E-state index contributed by atoms with van der Waals surface area (Å²) in [6, 6.07) is 13.1. The van der Waals surface area contributed by atoms with Crippen molar-refractivity contribution in [3.63, 3.8) is 0 Å². The van der Waals surface area contributed by atoms with Crippen LogP contribution < -0.4 is 10.2 Å². The lowest BCUT2D eigenvalue weighted by Crippen LogP contribution is -2.24. The van der Waals surface area contributed by atoms with Gasteiger partial charge in [0.1, 0.15) is 0 Å². The van der Waals surface area contributed by atoms with Crippen LogP contribution >= 0.6 is 0 Å². The number of fused-ring (bicyclic) bond motifs is 1. The lowest BCUT2D eigenvalue weighted by Gasteiger charge is -2.19. The third-order valence-electron chi connectivity index (χ3n) is 4.50. The zero-order chi connectivity index (χ0) is 17.4. The van der Waals surface area contributed by atoms with Crippen LogP contribution in [0.3, 0.4) is 0 Å². The molecule has 1 aliphatic heterocycles. The normalized spacial score (nSPS) is 14.3. The fourth-order valence-corrected chi connectivity index (χ4v) is 3.27. The Kier molecular flexibility index (Phi) is 3.72. The number of carbonyl (C=O) groups is 2. The molecule has 0 bridgehead atoms. The monoisotopic (exact) mass is 334 g/mol. The SMILES string of the molecule is Cc1cc(NC(=O)c2n[nH]c3ccccc23)ccc1N1CCCC1=O. The van der Waals surface area contributed by atoms with Crippen molar-refractivity contribution in [3.8, 4) is 0 Å². The van der Waals surface area contributed by atoms with Gasteiger partial charge in [-0.25, -0.2) is 0 Å². The summed E-state index contributed by atoms with van der Waals surface area (Å²) < 4.78 is 0. The van der Waals surface area contributed by atoms with Crippen molar-refractivity contribution in [1.82, 2.24) is 10.2 Å². The first-order chi connectivity index (χ1) is 12.1. The Morgan fingerprint density at radius 2 is 2.08 bits per heavy atom. The van der Waals surface area contributed by atoms with Crippen molar-refractivity contribution >= 4 is 34.1 Å². The number of aromatic amines is 1. The number of H-pyrrole nitrogens is 1. The molecule has 0 radical (unpaired) electrons. The minimum Gasteiger partial charge on any atom is -0.321 e. The molecule has 0 saturated carbocycles. The highest BCUT2D eigenvalue weighted by molar-refractivity contribution is 6.11. The topological polar surface area (TPSA) is 78.1 Å². The van der Waals surface area contributed by atoms with E-state index in [1.807, 2.05) is 54.3 Å². The van der Waals surface area contributed by atoms with Crippen LogP contribution in [0.25, 0.3) is 10.9 Å². The molecule has 25 heavy (non-hydrogen) atoms. The summed E-state index contributed by atoms with van der Waals surface area (Å²) in [5.74, 6) is -0.107. The van der Waals surface area contributed by atoms with Crippen LogP contribution in [-0.4, -0.2) is 28.6 Å². The first kappa shape index (κ1) is 15.4. The second-order valence-corrected chi connectivity index (χ2v) is 6.22. The van der Waals surface area contributed by atoms with E-state index >= 15 is 0 Å². The summed E-state index contributed by atoms with van der Waals surface area (Å²) in [4.78, 5) is 26.3. The molecule has 1 aromatic heterocycles. The number of aryl methyl sites for hydroxylation is 1. The Morgan fingerprint density at radius 3 is 2.84 bits per heavy atom. The highest BCUT2D eigenvalue weighted by Gasteiger charge is 2.23. The van der Waals surface area contributed by atoms with Gasteiger partial charge >= 0.3 is 0 Å². The van der Waals surface area contributed by atoms with E-state index in [1.165, 1.54) is 0 Å². The Morgan fingerprint density at radius 1 is 1.24 bits per heavy atom. The zero-order valence-electron chi connectivity index (χ0n) is 13.9. The summed E-state index contributed by atoms with van der Waals surface area (Å²) in [7, 11) is 0. The van der Waals surface area contributed by atoms with Crippen molar-refractivity contribution in [2.75, 3.05) is 16.8 Å². The number of hydrogen-bond acceptors (Lipinski definition) is 3. The number of para-hydroxylation sites is 1. The second-order valence-electron chi connectivity index (χ2n) is 6.22. The fraction of sp³-hybridized carbons (Fsp3) is 0.211. The van der Waals surface area contributed by atoms with E-state index in [1.54, 1.807) is 0 Å². The Hall–Kier alpha value is -3.15. The minimum absolute atomic E-state index is 0.155. The van der Waals surface area contributed by atoms with Crippen LogP contribution in [0.4, 0.5) is 11.4 Å². The maximum Gasteiger partial charge on any atom is 0.276 e. The summed E-state index contributed by atoms with van der Waals surface area (Å²) >= 11 is 0. The third-order valence-corrected chi connectivity index (χ3v) is 4.50. The van der Waals surface area contributed by atoms with Crippen molar-refractivity contribution in [2.24, 2.45) is 0 Å². The van der Waals surface area contributed by atoms with Crippen LogP contribution in [0, 0.1) is 6.92 Å². The fourth-order valence-electron chi connectivity index (χ4n) is 3.27. The van der Waals surface area contributed by atoms with Gasteiger partial charge in [-0.2, -0.15) is 5.10 Å². The zero-order valence-corrected chi connectivity index (χ0v) is 13.9. The Balaban J connectivity index is 1.57. The van der Waals surface area contributed by atoms with E-state index in [4.69, 9.17) is 0 Å². The molecule has 2 N–H and O–H groups in total. The van der Waals surface area contributed by atoms with Gasteiger partial charge in [-0.05, 0) is 43.2 Å². The van der Waals surface area contributed by atoms with E-state index in [0.29, 0.717) is 17.8 Å². The third kappa shape index (κ3) is 2.76. The van der Waals surface area contributed by atoms with Gasteiger partial charge in [-0.1, -0.05) is 18.2 Å². The Labute approximate surface area is 144 Å². The van der Waals surface area contributed by atoms with Gasteiger partial charge in [0.15, 0.2) is 5.69 Å². The largest absolute Gasteiger partial charge is 0.321 e. The average Bonchev–Trinajstić information content (AvgIpc) is 3.21. The Bertz CT molecular complexity index is 976. The first-order valence-corrected chi connectivity index (χ1v) is 8.29. The van der Waals surface area contributed by atoms with E-state index in [2.05, 4.69) is 15.5 Å². The van der Waals surface area contributed by atoms with Crippen molar-refractivity contribution in [3.05, 3.63) is 53.7 Å². The molecular weight excluding hydrogens is 316 g/mol. The van der Waals surface area contributed by atoms with Gasteiger partial charge < -0.3 is 10.2 Å². The van der Waals surface area contributed by atoms with Crippen molar-refractivity contribution in [2.45, 2.75) is 19.8 Å². The van der Waals surface area contributed by atoms with Gasteiger partial charge in [-0.3, -0.25) is 14.7 Å². The molecule has 1 saturated heterocycles. The van der Waals surface area contributed by atoms with Gasteiger partial charge in [0.2, 0.25) is 5.91 Å².